The van der Waals surface area contributed by atoms with Gasteiger partial charge in [-0.25, -0.2) is 9.37 Å². The molecule has 2 aromatic rings. The minimum atomic E-state index is -0.584. The molecule has 2 aromatic heterocycles. The van der Waals surface area contributed by atoms with Gasteiger partial charge in [-0.3, -0.25) is 9.78 Å². The lowest BCUT2D eigenvalue weighted by Crippen LogP contribution is -2.08. The van der Waals surface area contributed by atoms with Crippen LogP contribution in [0.15, 0.2) is 29.9 Å². The predicted octanol–water partition coefficient (Wildman–Crippen LogP) is 2.10. The average molecular weight is 222 g/mol. The van der Waals surface area contributed by atoms with E-state index in [4.69, 9.17) is 0 Å². The van der Waals surface area contributed by atoms with Crippen molar-refractivity contribution in [2.75, 3.05) is 0 Å². The third kappa shape index (κ3) is 2.24. The van der Waals surface area contributed by atoms with E-state index < -0.39 is 5.82 Å². The second-order valence-corrected chi connectivity index (χ2v) is 3.84. The Morgan fingerprint density at radius 2 is 2.27 bits per heavy atom. The van der Waals surface area contributed by atoms with Crippen molar-refractivity contribution in [3.63, 3.8) is 0 Å². The van der Waals surface area contributed by atoms with E-state index in [0.717, 1.165) is 0 Å². The fourth-order valence-electron chi connectivity index (χ4n) is 1.15. The highest BCUT2D eigenvalue weighted by Gasteiger charge is 2.14. The van der Waals surface area contributed by atoms with Gasteiger partial charge in [-0.1, -0.05) is 0 Å². The number of halogens is 1. The van der Waals surface area contributed by atoms with Crippen LogP contribution in [0.2, 0.25) is 0 Å². The van der Waals surface area contributed by atoms with Gasteiger partial charge in [0.25, 0.3) is 0 Å². The van der Waals surface area contributed by atoms with Crippen LogP contribution in [0.3, 0.4) is 0 Å². The molecule has 2 rings (SSSR count). The van der Waals surface area contributed by atoms with Crippen LogP contribution in [0.25, 0.3) is 0 Å². The zero-order valence-corrected chi connectivity index (χ0v) is 8.50. The Morgan fingerprint density at radius 3 is 2.93 bits per heavy atom. The molecule has 0 unspecified atom stereocenters. The number of ketones is 1. The maximum Gasteiger partial charge on any atom is 0.190 e. The van der Waals surface area contributed by atoms with Crippen LogP contribution in [-0.4, -0.2) is 15.8 Å². The number of hydrogen-bond donors (Lipinski definition) is 0. The van der Waals surface area contributed by atoms with Gasteiger partial charge in [-0.15, -0.1) is 11.3 Å². The molecule has 0 radical (unpaired) electrons. The number of pyridine rings is 1. The summed E-state index contributed by atoms with van der Waals surface area (Å²) in [5, 5.41) is 2.45. The SMILES string of the molecule is O=C(Cc1nccs1)c1ncccc1F. The van der Waals surface area contributed by atoms with Gasteiger partial charge >= 0.3 is 0 Å². The average Bonchev–Trinajstić information content (AvgIpc) is 2.71. The highest BCUT2D eigenvalue weighted by Crippen LogP contribution is 2.10. The molecule has 0 amide bonds. The Labute approximate surface area is 89.6 Å². The summed E-state index contributed by atoms with van der Waals surface area (Å²) in [4.78, 5) is 19.3. The molecule has 15 heavy (non-hydrogen) atoms. The molecule has 0 N–H and O–H groups in total. The summed E-state index contributed by atoms with van der Waals surface area (Å²) in [5.41, 5.74) is -0.118. The molecule has 76 valence electrons. The first kappa shape index (κ1) is 9.92. The minimum Gasteiger partial charge on any atom is -0.292 e. The van der Waals surface area contributed by atoms with Crippen molar-refractivity contribution in [1.29, 1.82) is 0 Å². The van der Waals surface area contributed by atoms with Gasteiger partial charge in [0, 0.05) is 17.8 Å². The number of carbonyl (C=O) groups is 1. The molecule has 0 saturated carbocycles. The smallest absolute Gasteiger partial charge is 0.190 e. The maximum absolute atomic E-state index is 13.2. The van der Waals surface area contributed by atoms with Gasteiger partial charge in [-0.2, -0.15) is 0 Å². The first-order valence-electron chi connectivity index (χ1n) is 4.29. The Hall–Kier alpha value is -1.62. The van der Waals surface area contributed by atoms with Crippen LogP contribution in [0.1, 0.15) is 15.5 Å². The van der Waals surface area contributed by atoms with Crippen LogP contribution < -0.4 is 0 Å². The Bertz CT molecular complexity index is 470. The number of aromatic nitrogens is 2. The lowest BCUT2D eigenvalue weighted by Gasteiger charge is -1.98. The fraction of sp³-hybridized carbons (Fsp3) is 0.100. The second-order valence-electron chi connectivity index (χ2n) is 2.86. The van der Waals surface area contributed by atoms with Crippen LogP contribution >= 0.6 is 11.3 Å². The number of carbonyl (C=O) groups excluding carboxylic acids is 1. The van der Waals surface area contributed by atoms with E-state index in [1.54, 1.807) is 11.6 Å². The van der Waals surface area contributed by atoms with Gasteiger partial charge in [0.05, 0.1) is 6.42 Å². The molecule has 0 aliphatic rings. The van der Waals surface area contributed by atoms with E-state index in [9.17, 15) is 9.18 Å². The molecular weight excluding hydrogens is 215 g/mol. The molecule has 0 fully saturated rings. The summed E-state index contributed by atoms with van der Waals surface area (Å²) >= 11 is 1.37. The molecule has 0 atom stereocenters. The molecule has 5 heteroatoms. The summed E-state index contributed by atoms with van der Waals surface area (Å²) in [6.45, 7) is 0. The maximum atomic E-state index is 13.2. The van der Waals surface area contributed by atoms with Crippen molar-refractivity contribution in [2.45, 2.75) is 6.42 Å². The normalized spacial score (nSPS) is 10.2. The van der Waals surface area contributed by atoms with Crippen molar-refractivity contribution >= 4 is 17.1 Å². The molecule has 0 aromatic carbocycles. The zero-order valence-electron chi connectivity index (χ0n) is 7.68. The van der Waals surface area contributed by atoms with E-state index in [-0.39, 0.29) is 17.9 Å². The van der Waals surface area contributed by atoms with Crippen molar-refractivity contribution < 1.29 is 9.18 Å². The first-order chi connectivity index (χ1) is 7.27. The molecule has 0 bridgehead atoms. The van der Waals surface area contributed by atoms with E-state index in [1.807, 2.05) is 0 Å². The highest BCUT2D eigenvalue weighted by molar-refractivity contribution is 7.09. The lowest BCUT2D eigenvalue weighted by molar-refractivity contribution is 0.0984. The monoisotopic (exact) mass is 222 g/mol. The van der Waals surface area contributed by atoms with E-state index in [2.05, 4.69) is 9.97 Å². The van der Waals surface area contributed by atoms with Crippen molar-refractivity contribution in [1.82, 2.24) is 9.97 Å². The summed E-state index contributed by atoms with van der Waals surface area (Å²) in [6.07, 6.45) is 3.12. The molecule has 2 heterocycles. The fourth-order valence-corrected chi connectivity index (χ4v) is 1.77. The second kappa shape index (κ2) is 4.27. The standard InChI is InChI=1S/C10H7FN2OS/c11-7-2-1-3-13-10(7)8(14)6-9-12-4-5-15-9/h1-5H,6H2. The Balaban J connectivity index is 2.19. The minimum absolute atomic E-state index is 0.103. The van der Waals surface area contributed by atoms with Gasteiger partial charge in [-0.05, 0) is 12.1 Å². The van der Waals surface area contributed by atoms with Gasteiger partial charge in [0.1, 0.15) is 10.7 Å². The molecule has 0 spiro atoms. The first-order valence-corrected chi connectivity index (χ1v) is 5.17. The van der Waals surface area contributed by atoms with Gasteiger partial charge in [0.15, 0.2) is 11.6 Å². The molecule has 0 saturated heterocycles. The summed E-state index contributed by atoms with van der Waals surface area (Å²) in [5.74, 6) is -0.929. The van der Waals surface area contributed by atoms with E-state index >= 15 is 0 Å². The largest absolute Gasteiger partial charge is 0.292 e. The highest BCUT2D eigenvalue weighted by atomic mass is 32.1. The Morgan fingerprint density at radius 1 is 1.40 bits per heavy atom. The quantitative estimate of drug-likeness (QED) is 0.747. The Kier molecular flexibility index (Phi) is 2.82. The summed E-state index contributed by atoms with van der Waals surface area (Å²) in [6, 6.07) is 2.68. The van der Waals surface area contributed by atoms with Gasteiger partial charge in [0.2, 0.25) is 0 Å². The van der Waals surface area contributed by atoms with Crippen molar-refractivity contribution in [2.24, 2.45) is 0 Å². The zero-order chi connectivity index (χ0) is 10.7. The van der Waals surface area contributed by atoms with Crippen molar-refractivity contribution in [3.8, 4) is 0 Å². The van der Waals surface area contributed by atoms with E-state index in [1.165, 1.54) is 29.7 Å². The third-order valence-corrected chi connectivity index (χ3v) is 2.60. The van der Waals surface area contributed by atoms with Crippen LogP contribution in [0.4, 0.5) is 4.39 Å². The molecule has 0 aliphatic heterocycles. The van der Waals surface area contributed by atoms with Crippen LogP contribution in [0, 0.1) is 5.82 Å². The number of Topliss-reactive ketones (excluding diaryl/α,β-unsaturated/α-hetero) is 1. The molecule has 3 nitrogen and oxygen atoms in total. The summed E-state index contributed by atoms with van der Waals surface area (Å²) < 4.78 is 13.2. The molecule has 0 aliphatic carbocycles. The summed E-state index contributed by atoms with van der Waals surface area (Å²) in [7, 11) is 0. The van der Waals surface area contributed by atoms with Crippen LogP contribution in [0.5, 0.6) is 0 Å². The molecular formula is C10H7FN2OS. The van der Waals surface area contributed by atoms with Crippen molar-refractivity contribution in [3.05, 3.63) is 46.4 Å². The third-order valence-electron chi connectivity index (χ3n) is 1.82. The number of nitrogens with zero attached hydrogens (tertiary/aromatic N) is 2. The lowest BCUT2D eigenvalue weighted by atomic mass is 10.2. The topological polar surface area (TPSA) is 42.9 Å². The predicted molar refractivity (Wildman–Crippen MR) is 54.3 cm³/mol. The number of thiazole rings is 1. The number of hydrogen-bond acceptors (Lipinski definition) is 4. The van der Waals surface area contributed by atoms with E-state index in [0.29, 0.717) is 5.01 Å². The number of rotatable bonds is 3. The van der Waals surface area contributed by atoms with Crippen LogP contribution in [-0.2, 0) is 6.42 Å². The van der Waals surface area contributed by atoms with Gasteiger partial charge < -0.3 is 0 Å².